The summed E-state index contributed by atoms with van der Waals surface area (Å²) in [7, 11) is 0. The zero-order valence-corrected chi connectivity index (χ0v) is 14.8. The van der Waals surface area contributed by atoms with E-state index < -0.39 is 5.97 Å². The molecule has 1 aromatic rings. The molecule has 2 amide bonds. The molecular weight excluding hydrogens is 330 g/mol. The molecule has 2 saturated carbocycles. The molecule has 134 valence electrons. The molecule has 3 fully saturated rings. The van der Waals surface area contributed by atoms with Gasteiger partial charge in [-0.2, -0.15) is 0 Å². The van der Waals surface area contributed by atoms with Gasteiger partial charge in [0.05, 0.1) is 29.2 Å². The quantitative estimate of drug-likeness (QED) is 0.477. The van der Waals surface area contributed by atoms with Gasteiger partial charge in [0, 0.05) is 0 Å². The minimum atomic E-state index is -0.401. The number of esters is 1. The van der Waals surface area contributed by atoms with Crippen molar-refractivity contribution in [2.45, 2.75) is 26.4 Å². The van der Waals surface area contributed by atoms with Gasteiger partial charge in [-0.05, 0) is 68.2 Å². The average molecular weight is 351 g/mol. The van der Waals surface area contributed by atoms with Gasteiger partial charge in [-0.15, -0.1) is 0 Å². The first-order valence-corrected chi connectivity index (χ1v) is 9.34. The lowest BCUT2D eigenvalue weighted by Crippen LogP contribution is -2.40. The third-order valence-electron chi connectivity index (χ3n) is 6.37. The average Bonchev–Trinajstić information content (AvgIpc) is 3.39. The van der Waals surface area contributed by atoms with E-state index in [1.807, 2.05) is 0 Å². The van der Waals surface area contributed by atoms with Gasteiger partial charge in [0.25, 0.3) is 0 Å². The van der Waals surface area contributed by atoms with Crippen molar-refractivity contribution < 1.29 is 19.1 Å². The molecule has 0 unspecified atom stereocenters. The van der Waals surface area contributed by atoms with Gasteiger partial charge in [-0.3, -0.25) is 14.5 Å². The first kappa shape index (κ1) is 15.8. The number of nitrogens with zero attached hydrogens (tertiary/aromatic N) is 1. The van der Waals surface area contributed by atoms with Crippen LogP contribution < -0.4 is 4.90 Å². The summed E-state index contributed by atoms with van der Waals surface area (Å²) in [5.74, 6) is 0.658. The first-order chi connectivity index (χ1) is 12.5. The van der Waals surface area contributed by atoms with Crippen LogP contribution in [0.4, 0.5) is 5.69 Å². The van der Waals surface area contributed by atoms with Crippen LogP contribution in [0.15, 0.2) is 36.4 Å². The minimum absolute atomic E-state index is 0.0813. The molecule has 1 aliphatic heterocycles. The number of benzene rings is 1. The third-order valence-corrected chi connectivity index (χ3v) is 6.37. The molecule has 0 N–H and O–H groups in total. The highest BCUT2D eigenvalue weighted by atomic mass is 16.5. The number of hydrogen-bond donors (Lipinski definition) is 0. The van der Waals surface area contributed by atoms with E-state index in [1.165, 1.54) is 4.90 Å². The summed E-state index contributed by atoms with van der Waals surface area (Å²) in [5, 5.41) is 0. The second kappa shape index (κ2) is 5.29. The smallest absolute Gasteiger partial charge is 0.338 e. The standard InChI is InChI=1S/C21H21NO4/c1-10(2)26-21(25)11-3-5-12(6-4-11)22-19(23)17-13-7-8-14(16-9-15(13)16)18(17)20(22)24/h3-8,10,13-18H,9H2,1-2H3/t13-,14-,15-,16-,17-,18+/m0/s1. The topological polar surface area (TPSA) is 63.7 Å². The van der Waals surface area contributed by atoms with E-state index in [2.05, 4.69) is 12.2 Å². The van der Waals surface area contributed by atoms with Crippen LogP contribution in [0, 0.1) is 35.5 Å². The Labute approximate surface area is 152 Å². The molecule has 4 aliphatic carbocycles. The van der Waals surface area contributed by atoms with Crippen molar-refractivity contribution in [1.82, 2.24) is 0 Å². The van der Waals surface area contributed by atoms with Gasteiger partial charge < -0.3 is 4.74 Å². The van der Waals surface area contributed by atoms with Crippen LogP contribution in [0.1, 0.15) is 30.6 Å². The van der Waals surface area contributed by atoms with Gasteiger partial charge in [0.2, 0.25) is 11.8 Å². The normalized spacial score (nSPS) is 36.3. The van der Waals surface area contributed by atoms with Gasteiger partial charge in [-0.1, -0.05) is 12.2 Å². The second-order valence-electron chi connectivity index (χ2n) is 8.17. The van der Waals surface area contributed by atoms with E-state index in [0.29, 0.717) is 23.1 Å². The molecule has 0 spiro atoms. The number of ether oxygens (including phenoxy) is 1. The van der Waals surface area contributed by atoms with Crippen LogP contribution in [0.25, 0.3) is 0 Å². The lowest BCUT2D eigenvalue weighted by Gasteiger charge is -2.37. The Balaban J connectivity index is 1.42. The van der Waals surface area contributed by atoms with E-state index in [4.69, 9.17) is 4.74 Å². The lowest BCUT2D eigenvalue weighted by atomic mass is 9.63. The highest BCUT2D eigenvalue weighted by molar-refractivity contribution is 6.22. The van der Waals surface area contributed by atoms with Crippen molar-refractivity contribution in [1.29, 1.82) is 0 Å². The second-order valence-corrected chi connectivity index (χ2v) is 8.17. The zero-order valence-electron chi connectivity index (χ0n) is 14.8. The summed E-state index contributed by atoms with van der Waals surface area (Å²) >= 11 is 0. The van der Waals surface area contributed by atoms with Crippen molar-refractivity contribution in [2.24, 2.45) is 35.5 Å². The summed E-state index contributed by atoms with van der Waals surface area (Å²) in [5.41, 5.74) is 0.963. The highest BCUT2D eigenvalue weighted by Crippen LogP contribution is 2.65. The van der Waals surface area contributed by atoms with Crippen molar-refractivity contribution in [3.8, 4) is 0 Å². The lowest BCUT2D eigenvalue weighted by molar-refractivity contribution is -0.124. The Morgan fingerprint density at radius 2 is 1.54 bits per heavy atom. The molecule has 2 bridgehead atoms. The van der Waals surface area contributed by atoms with E-state index in [1.54, 1.807) is 38.1 Å². The number of carbonyl (C=O) groups excluding carboxylic acids is 3. The van der Waals surface area contributed by atoms with Crippen molar-refractivity contribution >= 4 is 23.5 Å². The number of amides is 2. The molecule has 0 radical (unpaired) electrons. The van der Waals surface area contributed by atoms with E-state index in [9.17, 15) is 14.4 Å². The van der Waals surface area contributed by atoms with Crippen molar-refractivity contribution in [3.05, 3.63) is 42.0 Å². The van der Waals surface area contributed by atoms with Crippen LogP contribution in [0.2, 0.25) is 0 Å². The third kappa shape index (κ3) is 2.06. The fraction of sp³-hybridized carbons (Fsp3) is 0.476. The fourth-order valence-electron chi connectivity index (χ4n) is 5.24. The summed E-state index contributed by atoms with van der Waals surface area (Å²) in [6.45, 7) is 3.59. The summed E-state index contributed by atoms with van der Waals surface area (Å²) in [6, 6.07) is 6.57. The SMILES string of the molecule is CC(C)OC(=O)c1ccc(N2C(=O)[C@@H]3[C@H]4C=C[C@@H]([C@@H]5C[C@@H]45)[C@@H]3C2=O)cc1. The molecule has 1 heterocycles. The number of allylic oxidation sites excluding steroid dienone is 2. The monoisotopic (exact) mass is 351 g/mol. The number of imide groups is 1. The maximum atomic E-state index is 13.0. The van der Waals surface area contributed by atoms with E-state index in [-0.39, 0.29) is 41.6 Å². The Morgan fingerprint density at radius 1 is 1.00 bits per heavy atom. The molecule has 0 aromatic heterocycles. The largest absolute Gasteiger partial charge is 0.459 e. The van der Waals surface area contributed by atoms with Gasteiger partial charge >= 0.3 is 5.97 Å². The Hall–Kier alpha value is -2.43. The zero-order chi connectivity index (χ0) is 18.2. The van der Waals surface area contributed by atoms with Crippen LogP contribution >= 0.6 is 0 Å². The van der Waals surface area contributed by atoms with Gasteiger partial charge in [-0.25, -0.2) is 4.79 Å². The van der Waals surface area contributed by atoms with Crippen molar-refractivity contribution in [2.75, 3.05) is 4.90 Å². The Morgan fingerprint density at radius 3 is 2.04 bits per heavy atom. The molecule has 26 heavy (non-hydrogen) atoms. The molecular formula is C21H21NO4. The molecule has 6 rings (SSSR count). The summed E-state index contributed by atoms with van der Waals surface area (Å²) < 4.78 is 5.18. The molecule has 1 aromatic carbocycles. The highest BCUT2D eigenvalue weighted by Gasteiger charge is 2.67. The van der Waals surface area contributed by atoms with Gasteiger partial charge in [0.1, 0.15) is 0 Å². The first-order valence-electron chi connectivity index (χ1n) is 9.34. The maximum absolute atomic E-state index is 13.0. The molecule has 5 aliphatic rings. The minimum Gasteiger partial charge on any atom is -0.459 e. The number of carbonyl (C=O) groups is 3. The summed E-state index contributed by atoms with van der Waals surface area (Å²) in [4.78, 5) is 39.4. The van der Waals surface area contributed by atoms with Gasteiger partial charge in [0.15, 0.2) is 0 Å². The van der Waals surface area contributed by atoms with Crippen LogP contribution in [-0.2, 0) is 14.3 Å². The predicted octanol–water partition coefficient (Wildman–Crippen LogP) is 2.81. The van der Waals surface area contributed by atoms with E-state index >= 15 is 0 Å². The molecule has 1 saturated heterocycles. The number of anilines is 1. The van der Waals surface area contributed by atoms with Crippen LogP contribution in [-0.4, -0.2) is 23.9 Å². The van der Waals surface area contributed by atoms with Crippen molar-refractivity contribution in [3.63, 3.8) is 0 Å². The predicted molar refractivity (Wildman–Crippen MR) is 94.2 cm³/mol. The molecule has 5 nitrogen and oxygen atoms in total. The number of hydrogen-bond acceptors (Lipinski definition) is 4. The number of rotatable bonds is 3. The Bertz CT molecular complexity index is 804. The fourth-order valence-corrected chi connectivity index (χ4v) is 5.24. The molecule has 6 atom stereocenters. The molecule has 5 heteroatoms. The Kier molecular flexibility index (Phi) is 3.21. The summed E-state index contributed by atoms with van der Waals surface area (Å²) in [6.07, 6.45) is 5.29. The maximum Gasteiger partial charge on any atom is 0.338 e. The van der Waals surface area contributed by atoms with Crippen LogP contribution in [0.3, 0.4) is 0 Å². The van der Waals surface area contributed by atoms with Crippen LogP contribution in [0.5, 0.6) is 0 Å². The van der Waals surface area contributed by atoms with E-state index in [0.717, 1.165) is 6.42 Å².